The van der Waals surface area contributed by atoms with E-state index in [9.17, 15) is 0 Å². The molecule has 1 fully saturated rings. The molecule has 2 atom stereocenters. The van der Waals surface area contributed by atoms with Crippen LogP contribution in [-0.2, 0) is 0 Å². The summed E-state index contributed by atoms with van der Waals surface area (Å²) in [6.07, 6.45) is 0. The molecule has 0 amide bonds. The van der Waals surface area contributed by atoms with Gasteiger partial charge in [0, 0.05) is 35.7 Å². The third-order valence-electron chi connectivity index (χ3n) is 3.36. The second-order valence-corrected chi connectivity index (χ2v) is 5.54. The van der Waals surface area contributed by atoms with Crippen molar-refractivity contribution in [3.8, 4) is 5.75 Å². The van der Waals surface area contributed by atoms with Gasteiger partial charge in [0.25, 0.3) is 0 Å². The van der Waals surface area contributed by atoms with Crippen molar-refractivity contribution in [1.29, 1.82) is 0 Å². The van der Waals surface area contributed by atoms with Crippen molar-refractivity contribution in [2.24, 2.45) is 5.73 Å². The lowest BCUT2D eigenvalue weighted by Crippen LogP contribution is -2.46. The molecule has 1 heterocycles. The van der Waals surface area contributed by atoms with Gasteiger partial charge in [-0.1, -0.05) is 18.2 Å². The molecule has 1 aromatic carbocycles. The van der Waals surface area contributed by atoms with Crippen LogP contribution >= 0.6 is 11.8 Å². The molecule has 2 N–H and O–H groups in total. The number of ether oxygens (including phenoxy) is 1. The molecule has 2 unspecified atom stereocenters. The summed E-state index contributed by atoms with van der Waals surface area (Å²) in [5.74, 6) is 3.19. The van der Waals surface area contributed by atoms with E-state index in [1.807, 2.05) is 30.0 Å². The highest BCUT2D eigenvalue weighted by atomic mass is 32.2. The Morgan fingerprint density at radius 2 is 2.24 bits per heavy atom. The summed E-state index contributed by atoms with van der Waals surface area (Å²) in [6.45, 7) is 1.11. The summed E-state index contributed by atoms with van der Waals surface area (Å²) in [7, 11) is 3.85. The second kappa shape index (κ2) is 5.76. The molecule has 2 rings (SSSR count). The average Bonchev–Trinajstić information content (AvgIpc) is 2.38. The van der Waals surface area contributed by atoms with Crippen molar-refractivity contribution in [2.45, 2.75) is 12.1 Å². The van der Waals surface area contributed by atoms with E-state index >= 15 is 0 Å². The van der Waals surface area contributed by atoms with E-state index < -0.39 is 0 Å². The Hall–Kier alpha value is -0.710. The average molecular weight is 252 g/mol. The minimum absolute atomic E-state index is 0.0175. The van der Waals surface area contributed by atoms with Crippen molar-refractivity contribution in [3.05, 3.63) is 29.8 Å². The van der Waals surface area contributed by atoms with Gasteiger partial charge in [0.15, 0.2) is 0 Å². The third kappa shape index (κ3) is 2.76. The molecule has 0 saturated carbocycles. The Bertz CT molecular complexity index is 372. The van der Waals surface area contributed by atoms with Gasteiger partial charge in [0.2, 0.25) is 0 Å². The molecule has 4 heteroatoms. The quantitative estimate of drug-likeness (QED) is 0.889. The molecule has 1 aliphatic rings. The molecule has 0 bridgehead atoms. The van der Waals surface area contributed by atoms with E-state index in [1.54, 1.807) is 7.11 Å². The lowest BCUT2D eigenvalue weighted by Gasteiger charge is -2.36. The first-order valence-corrected chi connectivity index (χ1v) is 7.06. The lowest BCUT2D eigenvalue weighted by molar-refractivity contribution is 0.235. The third-order valence-corrected chi connectivity index (χ3v) is 4.40. The van der Waals surface area contributed by atoms with Gasteiger partial charge >= 0.3 is 0 Å². The molecule has 17 heavy (non-hydrogen) atoms. The topological polar surface area (TPSA) is 38.5 Å². The Morgan fingerprint density at radius 3 is 2.94 bits per heavy atom. The highest BCUT2D eigenvalue weighted by Crippen LogP contribution is 2.30. The zero-order valence-electron chi connectivity index (χ0n) is 10.4. The first-order chi connectivity index (χ1) is 8.24. The van der Waals surface area contributed by atoms with Gasteiger partial charge in [-0.05, 0) is 13.1 Å². The molecule has 1 aromatic rings. The molecule has 0 aromatic heterocycles. The van der Waals surface area contributed by atoms with Crippen LogP contribution in [0.5, 0.6) is 5.75 Å². The number of hydrogen-bond acceptors (Lipinski definition) is 4. The van der Waals surface area contributed by atoms with E-state index in [0.717, 1.165) is 23.6 Å². The van der Waals surface area contributed by atoms with Crippen LogP contribution in [0.4, 0.5) is 0 Å². The number of rotatable bonds is 3. The van der Waals surface area contributed by atoms with E-state index in [4.69, 9.17) is 10.5 Å². The zero-order chi connectivity index (χ0) is 12.3. The molecule has 1 saturated heterocycles. The maximum absolute atomic E-state index is 6.40. The highest BCUT2D eigenvalue weighted by Gasteiger charge is 2.27. The van der Waals surface area contributed by atoms with Gasteiger partial charge < -0.3 is 10.5 Å². The molecule has 0 spiro atoms. The van der Waals surface area contributed by atoms with Gasteiger partial charge in [-0.2, -0.15) is 11.8 Å². The first kappa shape index (κ1) is 12.7. The molecule has 94 valence electrons. The number of hydrogen-bond donors (Lipinski definition) is 1. The van der Waals surface area contributed by atoms with Crippen molar-refractivity contribution in [2.75, 3.05) is 32.2 Å². The summed E-state index contributed by atoms with van der Waals surface area (Å²) in [5.41, 5.74) is 7.51. The molecular formula is C13H20N2OS. The fourth-order valence-electron chi connectivity index (χ4n) is 2.23. The normalized spacial score (nSPS) is 23.4. The number of para-hydroxylation sites is 1. The summed E-state index contributed by atoms with van der Waals surface area (Å²) in [6, 6.07) is 8.46. The summed E-state index contributed by atoms with van der Waals surface area (Å²) >= 11 is 1.98. The van der Waals surface area contributed by atoms with Gasteiger partial charge in [0.05, 0.1) is 7.11 Å². The van der Waals surface area contributed by atoms with E-state index in [0.29, 0.717) is 6.04 Å². The zero-order valence-corrected chi connectivity index (χ0v) is 11.2. The number of nitrogens with zero attached hydrogens (tertiary/aromatic N) is 1. The molecule has 0 aliphatic carbocycles. The summed E-state index contributed by atoms with van der Waals surface area (Å²) < 4.78 is 5.39. The van der Waals surface area contributed by atoms with Gasteiger partial charge in [-0.15, -0.1) is 0 Å². The highest BCUT2D eigenvalue weighted by molar-refractivity contribution is 7.99. The van der Waals surface area contributed by atoms with Crippen LogP contribution in [0.15, 0.2) is 24.3 Å². The Balaban J connectivity index is 2.20. The van der Waals surface area contributed by atoms with Gasteiger partial charge in [0.1, 0.15) is 5.75 Å². The first-order valence-electron chi connectivity index (χ1n) is 5.90. The number of thioether (sulfide) groups is 1. The number of benzene rings is 1. The molecule has 1 aliphatic heterocycles. The van der Waals surface area contributed by atoms with Crippen LogP contribution in [0.2, 0.25) is 0 Å². The standard InChI is InChI=1S/C13H20N2OS/c1-15-7-8-17-9-11(15)13(14)10-5-3-4-6-12(10)16-2/h3-6,11,13H,7-9,14H2,1-2H3. The number of nitrogens with two attached hydrogens (primary N) is 1. The largest absolute Gasteiger partial charge is 0.496 e. The summed E-state index contributed by atoms with van der Waals surface area (Å²) in [4.78, 5) is 2.35. The lowest BCUT2D eigenvalue weighted by atomic mass is 9.99. The Labute approximate surface area is 107 Å². The van der Waals surface area contributed by atoms with E-state index in [-0.39, 0.29) is 6.04 Å². The molecular weight excluding hydrogens is 232 g/mol. The van der Waals surface area contributed by atoms with Crippen LogP contribution in [0.3, 0.4) is 0 Å². The number of methoxy groups -OCH3 is 1. The van der Waals surface area contributed by atoms with Crippen molar-refractivity contribution in [1.82, 2.24) is 4.90 Å². The van der Waals surface area contributed by atoms with Crippen LogP contribution < -0.4 is 10.5 Å². The van der Waals surface area contributed by atoms with Crippen LogP contribution in [-0.4, -0.2) is 43.1 Å². The second-order valence-electron chi connectivity index (χ2n) is 4.39. The van der Waals surface area contributed by atoms with Gasteiger partial charge in [-0.3, -0.25) is 4.90 Å². The van der Waals surface area contributed by atoms with Gasteiger partial charge in [-0.25, -0.2) is 0 Å². The van der Waals surface area contributed by atoms with E-state index in [1.165, 1.54) is 5.75 Å². The maximum Gasteiger partial charge on any atom is 0.123 e. The SMILES string of the molecule is COc1ccccc1C(N)C1CSCCN1C. The smallest absolute Gasteiger partial charge is 0.123 e. The van der Waals surface area contributed by atoms with E-state index in [2.05, 4.69) is 18.0 Å². The van der Waals surface area contributed by atoms with Crippen LogP contribution in [0, 0.1) is 0 Å². The Morgan fingerprint density at radius 1 is 1.47 bits per heavy atom. The monoisotopic (exact) mass is 252 g/mol. The fourth-order valence-corrected chi connectivity index (χ4v) is 3.52. The molecule has 3 nitrogen and oxygen atoms in total. The maximum atomic E-state index is 6.40. The number of likely N-dealkylation sites (N-methyl/N-ethyl adjacent to an activating group) is 1. The predicted octanol–water partition coefficient (Wildman–Crippen LogP) is 1.74. The summed E-state index contributed by atoms with van der Waals surface area (Å²) in [5, 5.41) is 0. The van der Waals surface area contributed by atoms with Crippen molar-refractivity contribution < 1.29 is 4.74 Å². The van der Waals surface area contributed by atoms with Crippen molar-refractivity contribution in [3.63, 3.8) is 0 Å². The molecule has 0 radical (unpaired) electrons. The minimum Gasteiger partial charge on any atom is -0.496 e. The van der Waals surface area contributed by atoms with Crippen molar-refractivity contribution >= 4 is 11.8 Å². The van der Waals surface area contributed by atoms with Crippen LogP contribution in [0.25, 0.3) is 0 Å². The Kier molecular flexibility index (Phi) is 4.31. The fraction of sp³-hybridized carbons (Fsp3) is 0.538. The van der Waals surface area contributed by atoms with Crippen LogP contribution in [0.1, 0.15) is 11.6 Å². The minimum atomic E-state index is 0.0175. The predicted molar refractivity (Wildman–Crippen MR) is 73.7 cm³/mol.